The van der Waals surface area contributed by atoms with Crippen LogP contribution in [0, 0.1) is 5.92 Å². The molecule has 0 radical (unpaired) electrons. The summed E-state index contributed by atoms with van der Waals surface area (Å²) in [7, 11) is 2.17. The van der Waals surface area contributed by atoms with Crippen molar-refractivity contribution in [3.8, 4) is 0 Å². The van der Waals surface area contributed by atoms with Gasteiger partial charge in [-0.25, -0.2) is 0 Å². The third kappa shape index (κ3) is 7.74. The highest BCUT2D eigenvalue weighted by atomic mass is 16.5. The molecule has 1 aliphatic rings. The van der Waals surface area contributed by atoms with Crippen LogP contribution < -0.4 is 0 Å². The molecule has 0 amide bonds. The molecule has 0 saturated carbocycles. The van der Waals surface area contributed by atoms with Gasteiger partial charge in [-0.3, -0.25) is 0 Å². The molecule has 1 atom stereocenters. The Kier molecular flexibility index (Phi) is 8.83. The van der Waals surface area contributed by atoms with Crippen molar-refractivity contribution >= 4 is 0 Å². The summed E-state index contributed by atoms with van der Waals surface area (Å²) in [5.74, 6) is 0.668. The standard InChI is InChI=1S/C12H25NO2.C2H6/c1-12(2,6-8-14)15-10-11-5-4-7-13(3)9-11;1-2/h11,14H,4-10H2,1-3H3;1-2H3. The third-order valence-corrected chi connectivity index (χ3v) is 3.15. The summed E-state index contributed by atoms with van der Waals surface area (Å²) in [6.45, 7) is 11.5. The maximum Gasteiger partial charge on any atom is 0.0648 e. The van der Waals surface area contributed by atoms with Crippen LogP contribution in [-0.2, 0) is 4.74 Å². The third-order valence-electron chi connectivity index (χ3n) is 3.15. The summed E-state index contributed by atoms with van der Waals surface area (Å²) in [6, 6.07) is 0. The second kappa shape index (κ2) is 8.90. The monoisotopic (exact) mass is 245 g/mol. The fourth-order valence-electron chi connectivity index (χ4n) is 2.09. The first-order chi connectivity index (χ1) is 8.03. The first kappa shape index (κ1) is 16.9. The van der Waals surface area contributed by atoms with Gasteiger partial charge in [0, 0.05) is 13.2 Å². The minimum Gasteiger partial charge on any atom is -0.396 e. The lowest BCUT2D eigenvalue weighted by molar-refractivity contribution is -0.0564. The molecule has 17 heavy (non-hydrogen) atoms. The molecule has 0 aliphatic carbocycles. The van der Waals surface area contributed by atoms with E-state index in [-0.39, 0.29) is 12.2 Å². The Morgan fingerprint density at radius 1 is 1.35 bits per heavy atom. The van der Waals surface area contributed by atoms with Crippen molar-refractivity contribution in [3.05, 3.63) is 0 Å². The van der Waals surface area contributed by atoms with E-state index in [9.17, 15) is 0 Å². The molecule has 1 N–H and O–H groups in total. The zero-order valence-electron chi connectivity index (χ0n) is 12.3. The van der Waals surface area contributed by atoms with E-state index in [0.29, 0.717) is 5.92 Å². The zero-order valence-corrected chi connectivity index (χ0v) is 12.3. The lowest BCUT2D eigenvalue weighted by atomic mass is 9.98. The van der Waals surface area contributed by atoms with Crippen LogP contribution in [0.1, 0.15) is 47.0 Å². The molecule has 1 heterocycles. The summed E-state index contributed by atoms with van der Waals surface area (Å²) in [4.78, 5) is 2.37. The van der Waals surface area contributed by atoms with E-state index in [1.807, 2.05) is 13.8 Å². The van der Waals surface area contributed by atoms with Gasteiger partial charge >= 0.3 is 0 Å². The van der Waals surface area contributed by atoms with Gasteiger partial charge in [-0.2, -0.15) is 0 Å². The Balaban J connectivity index is 0.00000121. The number of aliphatic hydroxyl groups excluding tert-OH is 1. The van der Waals surface area contributed by atoms with Crippen molar-refractivity contribution in [2.75, 3.05) is 33.4 Å². The van der Waals surface area contributed by atoms with E-state index in [1.54, 1.807) is 0 Å². The summed E-state index contributed by atoms with van der Waals surface area (Å²) >= 11 is 0. The van der Waals surface area contributed by atoms with E-state index in [4.69, 9.17) is 9.84 Å². The van der Waals surface area contributed by atoms with Crippen LogP contribution in [0.15, 0.2) is 0 Å². The molecule has 0 aromatic rings. The van der Waals surface area contributed by atoms with Crippen LogP contribution in [0.25, 0.3) is 0 Å². The van der Waals surface area contributed by atoms with E-state index >= 15 is 0 Å². The Hall–Kier alpha value is -0.120. The van der Waals surface area contributed by atoms with Gasteiger partial charge in [-0.05, 0) is 52.6 Å². The van der Waals surface area contributed by atoms with Crippen molar-refractivity contribution in [2.24, 2.45) is 5.92 Å². The Morgan fingerprint density at radius 3 is 2.53 bits per heavy atom. The fraction of sp³-hybridized carbons (Fsp3) is 1.00. The fourth-order valence-corrected chi connectivity index (χ4v) is 2.09. The minimum absolute atomic E-state index is 0.176. The van der Waals surface area contributed by atoms with E-state index in [0.717, 1.165) is 19.6 Å². The van der Waals surface area contributed by atoms with Gasteiger partial charge in [-0.1, -0.05) is 13.8 Å². The topological polar surface area (TPSA) is 32.7 Å². The van der Waals surface area contributed by atoms with Crippen molar-refractivity contribution in [3.63, 3.8) is 0 Å². The van der Waals surface area contributed by atoms with Crippen molar-refractivity contribution < 1.29 is 9.84 Å². The highest BCUT2D eigenvalue weighted by Crippen LogP contribution is 2.20. The largest absolute Gasteiger partial charge is 0.396 e. The maximum atomic E-state index is 8.89. The summed E-state index contributed by atoms with van der Waals surface area (Å²) < 4.78 is 5.87. The van der Waals surface area contributed by atoms with Crippen molar-refractivity contribution in [1.29, 1.82) is 0 Å². The minimum atomic E-state index is -0.176. The molecule has 1 fully saturated rings. The van der Waals surface area contributed by atoms with Crippen molar-refractivity contribution in [2.45, 2.75) is 52.6 Å². The SMILES string of the molecule is CC.CN1CCCC(COC(C)(C)CCO)C1. The molecule has 1 aliphatic heterocycles. The van der Waals surface area contributed by atoms with E-state index in [1.165, 1.54) is 19.4 Å². The van der Waals surface area contributed by atoms with Crippen LogP contribution in [0.3, 0.4) is 0 Å². The lowest BCUT2D eigenvalue weighted by Gasteiger charge is -2.32. The molecule has 0 aromatic carbocycles. The summed E-state index contributed by atoms with van der Waals surface area (Å²) in [5, 5.41) is 8.89. The van der Waals surface area contributed by atoms with Crippen LogP contribution in [0.2, 0.25) is 0 Å². The van der Waals surface area contributed by atoms with Crippen LogP contribution in [0.5, 0.6) is 0 Å². The number of hydrogen-bond acceptors (Lipinski definition) is 3. The molecule has 0 spiro atoms. The van der Waals surface area contributed by atoms with E-state index < -0.39 is 0 Å². The number of aliphatic hydroxyl groups is 1. The van der Waals surface area contributed by atoms with Gasteiger partial charge in [0.1, 0.15) is 0 Å². The Morgan fingerprint density at radius 2 is 2.00 bits per heavy atom. The smallest absolute Gasteiger partial charge is 0.0648 e. The Bertz CT molecular complexity index is 183. The molecule has 3 heteroatoms. The van der Waals surface area contributed by atoms with Gasteiger partial charge in [0.15, 0.2) is 0 Å². The predicted molar refractivity (Wildman–Crippen MR) is 73.3 cm³/mol. The van der Waals surface area contributed by atoms with Gasteiger partial charge in [-0.15, -0.1) is 0 Å². The van der Waals surface area contributed by atoms with Crippen LogP contribution in [0.4, 0.5) is 0 Å². The first-order valence-electron chi connectivity index (χ1n) is 6.97. The number of ether oxygens (including phenoxy) is 1. The number of rotatable bonds is 5. The summed E-state index contributed by atoms with van der Waals surface area (Å²) in [6.07, 6.45) is 3.28. The second-order valence-corrected chi connectivity index (χ2v) is 5.31. The van der Waals surface area contributed by atoms with Gasteiger partial charge in [0.25, 0.3) is 0 Å². The molecular formula is C14H31NO2. The number of likely N-dealkylation sites (tertiary alicyclic amines) is 1. The van der Waals surface area contributed by atoms with Gasteiger partial charge in [0.2, 0.25) is 0 Å². The molecule has 104 valence electrons. The molecule has 1 saturated heterocycles. The summed E-state index contributed by atoms with van der Waals surface area (Å²) in [5.41, 5.74) is -0.176. The predicted octanol–water partition coefficient (Wildman–Crippen LogP) is 2.53. The Labute approximate surface area is 107 Å². The van der Waals surface area contributed by atoms with Gasteiger partial charge < -0.3 is 14.7 Å². The van der Waals surface area contributed by atoms with Crippen LogP contribution in [-0.4, -0.2) is 49.0 Å². The molecule has 1 unspecified atom stereocenters. The molecule has 0 bridgehead atoms. The average Bonchev–Trinajstić information content (AvgIpc) is 2.29. The molecule has 0 aromatic heterocycles. The highest BCUT2D eigenvalue weighted by molar-refractivity contribution is 4.73. The van der Waals surface area contributed by atoms with Gasteiger partial charge in [0.05, 0.1) is 12.2 Å². The maximum absolute atomic E-state index is 8.89. The highest BCUT2D eigenvalue weighted by Gasteiger charge is 2.22. The number of piperidine rings is 1. The van der Waals surface area contributed by atoms with E-state index in [2.05, 4.69) is 25.8 Å². The zero-order chi connectivity index (χ0) is 13.3. The normalized spacial score (nSPS) is 21.9. The lowest BCUT2D eigenvalue weighted by Crippen LogP contribution is -2.37. The molecule has 3 nitrogen and oxygen atoms in total. The molecular weight excluding hydrogens is 214 g/mol. The van der Waals surface area contributed by atoms with Crippen LogP contribution >= 0.6 is 0 Å². The second-order valence-electron chi connectivity index (χ2n) is 5.31. The number of nitrogens with zero attached hydrogens (tertiary/aromatic N) is 1. The molecule has 1 rings (SSSR count). The van der Waals surface area contributed by atoms with Crippen molar-refractivity contribution in [1.82, 2.24) is 4.90 Å². The quantitative estimate of drug-likeness (QED) is 0.808. The number of hydrogen-bond donors (Lipinski definition) is 1. The first-order valence-corrected chi connectivity index (χ1v) is 6.97. The average molecular weight is 245 g/mol.